The van der Waals surface area contributed by atoms with Gasteiger partial charge >= 0.3 is 5.97 Å². The van der Waals surface area contributed by atoms with Crippen LogP contribution in [0, 0.1) is 5.92 Å². The maximum absolute atomic E-state index is 13.3. The van der Waals surface area contributed by atoms with Gasteiger partial charge in [0.1, 0.15) is 5.82 Å². The van der Waals surface area contributed by atoms with Gasteiger partial charge in [-0.2, -0.15) is 0 Å². The minimum absolute atomic E-state index is 0.0268. The van der Waals surface area contributed by atoms with Crippen molar-refractivity contribution in [3.8, 4) is 11.4 Å². The molecule has 1 saturated heterocycles. The first-order valence-electron chi connectivity index (χ1n) is 11.0. The molecule has 2 aromatic heterocycles. The fourth-order valence-electron chi connectivity index (χ4n) is 4.52. The van der Waals surface area contributed by atoms with Crippen molar-refractivity contribution in [2.45, 2.75) is 32.4 Å². The number of carbonyl (C=O) groups excluding carboxylic acids is 1. The smallest absolute Gasteiger partial charge is 0.331 e. The Labute approximate surface area is 190 Å². The van der Waals surface area contributed by atoms with Gasteiger partial charge in [0.15, 0.2) is 5.82 Å². The standard InChI is InChI=1S/C22H25N7O4/c23-22-24-9-15(10-25-22)18-26-17-12-29(20(30)13-1-3-14(4-2-13)21(31)32)11-16(17)19(27-18)28-5-7-33-8-6-28/h3,9-10,13H,1-2,4-8,11-12H2,(H,31,32)(H2,23,24,25). The molecule has 1 unspecified atom stereocenters. The molecule has 0 radical (unpaired) electrons. The maximum atomic E-state index is 13.3. The summed E-state index contributed by atoms with van der Waals surface area (Å²) >= 11 is 0. The second-order valence-electron chi connectivity index (χ2n) is 8.43. The molecule has 0 spiro atoms. The molecule has 33 heavy (non-hydrogen) atoms. The van der Waals surface area contributed by atoms with Crippen molar-refractivity contribution in [2.75, 3.05) is 36.9 Å². The van der Waals surface area contributed by atoms with Crippen molar-refractivity contribution in [3.05, 3.63) is 35.3 Å². The number of carbonyl (C=O) groups is 2. The average Bonchev–Trinajstić information content (AvgIpc) is 3.28. The molecular formula is C22H25N7O4. The van der Waals surface area contributed by atoms with Gasteiger partial charge in [-0.05, 0) is 19.3 Å². The number of hydrogen-bond donors (Lipinski definition) is 2. The molecule has 2 aromatic rings. The minimum Gasteiger partial charge on any atom is -0.478 e. The monoisotopic (exact) mass is 451 g/mol. The number of nitrogen functional groups attached to an aromatic ring is 1. The van der Waals surface area contributed by atoms with E-state index in [0.29, 0.717) is 75.6 Å². The van der Waals surface area contributed by atoms with Crippen LogP contribution in [-0.2, 0) is 27.4 Å². The summed E-state index contributed by atoms with van der Waals surface area (Å²) in [6, 6.07) is 0. The molecule has 172 valence electrons. The Morgan fingerprint density at radius 1 is 1.12 bits per heavy atom. The summed E-state index contributed by atoms with van der Waals surface area (Å²) < 4.78 is 5.50. The number of morpholine rings is 1. The minimum atomic E-state index is -0.904. The van der Waals surface area contributed by atoms with E-state index in [4.69, 9.17) is 20.4 Å². The van der Waals surface area contributed by atoms with E-state index in [0.717, 1.165) is 17.1 Å². The SMILES string of the molecule is Nc1ncc(-c2nc3c(c(N4CCOCC4)n2)CN(C(=O)C2CC=C(C(=O)O)CC2)C3)cn1. The first kappa shape index (κ1) is 21.3. The lowest BCUT2D eigenvalue weighted by Gasteiger charge is -2.29. The summed E-state index contributed by atoms with van der Waals surface area (Å²) in [7, 11) is 0. The highest BCUT2D eigenvalue weighted by molar-refractivity contribution is 5.88. The number of nitrogens with two attached hydrogens (primary N) is 1. The van der Waals surface area contributed by atoms with E-state index in [-0.39, 0.29) is 17.8 Å². The number of aromatic nitrogens is 4. The molecule has 2 aliphatic heterocycles. The lowest BCUT2D eigenvalue weighted by atomic mass is 9.88. The van der Waals surface area contributed by atoms with Gasteiger partial charge in [-0.1, -0.05) is 6.08 Å². The summed E-state index contributed by atoms with van der Waals surface area (Å²) in [5, 5.41) is 9.17. The van der Waals surface area contributed by atoms with E-state index in [1.54, 1.807) is 23.4 Å². The fraction of sp³-hybridized carbons (Fsp3) is 0.455. The van der Waals surface area contributed by atoms with Gasteiger partial charge in [-0.15, -0.1) is 0 Å². The zero-order valence-electron chi connectivity index (χ0n) is 18.1. The number of carboxylic acids is 1. The van der Waals surface area contributed by atoms with Crippen LogP contribution in [0.25, 0.3) is 11.4 Å². The number of ether oxygens (including phenoxy) is 1. The van der Waals surface area contributed by atoms with Crippen molar-refractivity contribution in [1.82, 2.24) is 24.8 Å². The molecule has 4 heterocycles. The second-order valence-corrected chi connectivity index (χ2v) is 8.43. The number of aliphatic carboxylic acids is 1. The third kappa shape index (κ3) is 4.23. The van der Waals surface area contributed by atoms with Crippen molar-refractivity contribution in [2.24, 2.45) is 5.92 Å². The number of allylic oxidation sites excluding steroid dienone is 1. The van der Waals surface area contributed by atoms with E-state index in [1.165, 1.54) is 0 Å². The zero-order valence-corrected chi connectivity index (χ0v) is 18.1. The Morgan fingerprint density at radius 3 is 2.55 bits per heavy atom. The molecular weight excluding hydrogens is 426 g/mol. The maximum Gasteiger partial charge on any atom is 0.331 e. The van der Waals surface area contributed by atoms with Crippen LogP contribution in [0.2, 0.25) is 0 Å². The molecule has 1 amide bonds. The third-order valence-electron chi connectivity index (χ3n) is 6.35. The lowest BCUT2D eigenvalue weighted by molar-refractivity contribution is -0.137. The quantitative estimate of drug-likeness (QED) is 0.690. The van der Waals surface area contributed by atoms with Crippen LogP contribution in [0.15, 0.2) is 24.0 Å². The van der Waals surface area contributed by atoms with E-state index < -0.39 is 5.97 Å². The third-order valence-corrected chi connectivity index (χ3v) is 6.35. The van der Waals surface area contributed by atoms with E-state index in [1.807, 2.05) is 0 Å². The molecule has 3 aliphatic rings. The Bertz CT molecular complexity index is 1110. The van der Waals surface area contributed by atoms with Crippen molar-refractivity contribution in [1.29, 1.82) is 0 Å². The van der Waals surface area contributed by atoms with Gasteiger partial charge in [0.05, 0.1) is 37.6 Å². The first-order valence-corrected chi connectivity index (χ1v) is 11.0. The van der Waals surface area contributed by atoms with Crippen molar-refractivity contribution >= 4 is 23.6 Å². The molecule has 0 bridgehead atoms. The normalized spacial score (nSPS) is 20.4. The van der Waals surface area contributed by atoms with E-state index in [2.05, 4.69) is 14.9 Å². The number of hydrogen-bond acceptors (Lipinski definition) is 9. The fourth-order valence-corrected chi connectivity index (χ4v) is 4.52. The Balaban J connectivity index is 1.43. The number of carboxylic acid groups (broad SMARTS) is 1. The van der Waals surface area contributed by atoms with Gasteiger partial charge in [0.25, 0.3) is 0 Å². The molecule has 1 atom stereocenters. The number of fused-ring (bicyclic) bond motifs is 1. The molecule has 5 rings (SSSR count). The van der Waals surface area contributed by atoms with Crippen LogP contribution in [0.3, 0.4) is 0 Å². The largest absolute Gasteiger partial charge is 0.478 e. The zero-order chi connectivity index (χ0) is 22.9. The van der Waals surface area contributed by atoms with Crippen molar-refractivity contribution in [3.63, 3.8) is 0 Å². The molecule has 0 saturated carbocycles. The molecule has 11 heteroatoms. The first-order chi connectivity index (χ1) is 16.0. The van der Waals surface area contributed by atoms with E-state index >= 15 is 0 Å². The van der Waals surface area contributed by atoms with Crippen LogP contribution in [0.1, 0.15) is 30.5 Å². The summed E-state index contributed by atoms with van der Waals surface area (Å²) in [5.41, 5.74) is 8.43. The predicted octanol–water partition coefficient (Wildman–Crippen LogP) is 1.01. The highest BCUT2D eigenvalue weighted by atomic mass is 16.5. The van der Waals surface area contributed by atoms with Gasteiger partial charge in [-0.3, -0.25) is 4.79 Å². The summed E-state index contributed by atoms with van der Waals surface area (Å²) in [6.07, 6.45) is 6.27. The topological polar surface area (TPSA) is 148 Å². The van der Waals surface area contributed by atoms with Crippen LogP contribution < -0.4 is 10.6 Å². The molecule has 1 fully saturated rings. The van der Waals surface area contributed by atoms with Crippen molar-refractivity contribution < 1.29 is 19.4 Å². The van der Waals surface area contributed by atoms with Crippen LogP contribution in [0.4, 0.5) is 11.8 Å². The van der Waals surface area contributed by atoms with E-state index in [9.17, 15) is 14.7 Å². The molecule has 0 aromatic carbocycles. The van der Waals surface area contributed by atoms with Gasteiger partial charge in [0.2, 0.25) is 11.9 Å². The van der Waals surface area contributed by atoms with Crippen LogP contribution in [0.5, 0.6) is 0 Å². The number of rotatable bonds is 4. The Hall–Kier alpha value is -3.60. The van der Waals surface area contributed by atoms with Gasteiger partial charge in [0, 0.05) is 42.5 Å². The number of amides is 1. The molecule has 1 aliphatic carbocycles. The Morgan fingerprint density at radius 2 is 1.88 bits per heavy atom. The molecule has 3 N–H and O–H groups in total. The highest BCUT2D eigenvalue weighted by Gasteiger charge is 2.34. The summed E-state index contributed by atoms with van der Waals surface area (Å²) in [6.45, 7) is 3.47. The number of nitrogens with zero attached hydrogens (tertiary/aromatic N) is 6. The average molecular weight is 451 g/mol. The lowest BCUT2D eigenvalue weighted by Crippen LogP contribution is -2.38. The highest BCUT2D eigenvalue weighted by Crippen LogP contribution is 2.34. The Kier molecular flexibility index (Phi) is 5.63. The second kappa shape index (κ2) is 8.74. The molecule has 11 nitrogen and oxygen atoms in total. The summed E-state index contributed by atoms with van der Waals surface area (Å²) in [5.74, 6) is 0.390. The predicted molar refractivity (Wildman–Crippen MR) is 118 cm³/mol. The summed E-state index contributed by atoms with van der Waals surface area (Å²) in [4.78, 5) is 46.1. The van der Waals surface area contributed by atoms with Crippen LogP contribution >= 0.6 is 0 Å². The number of anilines is 2. The van der Waals surface area contributed by atoms with Crippen LogP contribution in [-0.4, -0.2) is 68.1 Å². The van der Waals surface area contributed by atoms with Gasteiger partial charge < -0.3 is 25.4 Å². The van der Waals surface area contributed by atoms with Gasteiger partial charge in [-0.25, -0.2) is 24.7 Å².